The van der Waals surface area contributed by atoms with Gasteiger partial charge in [-0.25, -0.2) is 4.98 Å². The first kappa shape index (κ1) is 13.3. The molecule has 2 fully saturated rings. The van der Waals surface area contributed by atoms with Crippen LogP contribution in [-0.2, 0) is 6.42 Å². The first-order chi connectivity index (χ1) is 10.2. The van der Waals surface area contributed by atoms with E-state index >= 15 is 0 Å². The van der Waals surface area contributed by atoms with E-state index in [0.29, 0.717) is 11.9 Å². The van der Waals surface area contributed by atoms with E-state index < -0.39 is 0 Å². The molecule has 21 heavy (non-hydrogen) atoms. The highest BCUT2D eigenvalue weighted by Crippen LogP contribution is 2.46. The molecule has 3 atom stereocenters. The summed E-state index contributed by atoms with van der Waals surface area (Å²) in [6.07, 6.45) is 8.78. The van der Waals surface area contributed by atoms with Crippen molar-refractivity contribution in [3.63, 3.8) is 0 Å². The number of rotatable bonds is 1. The highest BCUT2D eigenvalue weighted by molar-refractivity contribution is 5.54. The molecule has 5 heteroatoms. The van der Waals surface area contributed by atoms with Gasteiger partial charge in [0.05, 0.1) is 5.69 Å². The van der Waals surface area contributed by atoms with Crippen LogP contribution in [0.25, 0.3) is 0 Å². The quantitative estimate of drug-likeness (QED) is 0.823. The monoisotopic (exact) mass is 287 g/mol. The molecule has 3 aliphatic rings. The number of aromatic nitrogens is 2. The molecule has 1 saturated carbocycles. The summed E-state index contributed by atoms with van der Waals surface area (Å²) in [6, 6.07) is 0.267. The normalized spacial score (nSPS) is 31.9. The Bertz CT molecular complexity index is 526. The molecule has 0 amide bonds. The van der Waals surface area contributed by atoms with Crippen molar-refractivity contribution >= 4 is 11.8 Å². The molecular weight excluding hydrogens is 262 g/mol. The Morgan fingerprint density at radius 1 is 1.05 bits per heavy atom. The lowest BCUT2D eigenvalue weighted by Crippen LogP contribution is -2.31. The van der Waals surface area contributed by atoms with Gasteiger partial charge in [0.1, 0.15) is 5.82 Å². The Hall–Kier alpha value is -1.36. The molecule has 2 aliphatic carbocycles. The Balaban J connectivity index is 1.74. The summed E-state index contributed by atoms with van der Waals surface area (Å²) >= 11 is 0. The molecule has 2 heterocycles. The van der Waals surface area contributed by atoms with Crippen molar-refractivity contribution in [3.05, 3.63) is 11.3 Å². The molecular formula is C16H25N5. The summed E-state index contributed by atoms with van der Waals surface area (Å²) in [7, 11) is 0. The number of anilines is 2. The molecule has 1 aromatic rings. The molecule has 1 saturated heterocycles. The van der Waals surface area contributed by atoms with E-state index in [-0.39, 0.29) is 6.04 Å². The lowest BCUT2D eigenvalue weighted by atomic mass is 9.70. The zero-order valence-corrected chi connectivity index (χ0v) is 12.6. The first-order valence-corrected chi connectivity index (χ1v) is 8.39. The maximum atomic E-state index is 6.07. The zero-order chi connectivity index (χ0) is 14.4. The summed E-state index contributed by atoms with van der Waals surface area (Å²) in [5.41, 5.74) is 14.7. The van der Waals surface area contributed by atoms with Gasteiger partial charge in [0.15, 0.2) is 0 Å². The van der Waals surface area contributed by atoms with Crippen LogP contribution in [0.2, 0.25) is 0 Å². The van der Waals surface area contributed by atoms with Crippen LogP contribution in [0.1, 0.15) is 55.7 Å². The molecule has 1 aromatic heterocycles. The van der Waals surface area contributed by atoms with E-state index in [2.05, 4.69) is 14.9 Å². The number of hydrogen-bond acceptors (Lipinski definition) is 5. The smallest absolute Gasteiger partial charge is 0.222 e. The van der Waals surface area contributed by atoms with Gasteiger partial charge in [-0.1, -0.05) is 12.8 Å². The fraction of sp³-hybridized carbons (Fsp3) is 0.750. The molecule has 114 valence electrons. The van der Waals surface area contributed by atoms with Crippen LogP contribution in [0.15, 0.2) is 0 Å². The van der Waals surface area contributed by atoms with Gasteiger partial charge >= 0.3 is 0 Å². The van der Waals surface area contributed by atoms with Gasteiger partial charge in [-0.05, 0) is 38.0 Å². The van der Waals surface area contributed by atoms with Crippen molar-refractivity contribution in [1.29, 1.82) is 0 Å². The number of fused-ring (bicyclic) bond motifs is 3. The number of hydrogen-bond donors (Lipinski definition) is 2. The predicted molar refractivity (Wildman–Crippen MR) is 84.3 cm³/mol. The lowest BCUT2D eigenvalue weighted by molar-refractivity contribution is 0.270. The second-order valence-electron chi connectivity index (χ2n) is 6.95. The molecule has 0 radical (unpaired) electrons. The molecule has 0 aromatic carbocycles. The molecule has 0 spiro atoms. The van der Waals surface area contributed by atoms with Gasteiger partial charge < -0.3 is 16.4 Å². The van der Waals surface area contributed by atoms with Crippen LogP contribution in [-0.4, -0.2) is 29.1 Å². The largest absolute Gasteiger partial charge is 0.368 e. The number of nitrogens with two attached hydrogens (primary N) is 2. The van der Waals surface area contributed by atoms with Crippen molar-refractivity contribution in [3.8, 4) is 0 Å². The topological polar surface area (TPSA) is 81.1 Å². The van der Waals surface area contributed by atoms with Crippen LogP contribution in [0.3, 0.4) is 0 Å². The van der Waals surface area contributed by atoms with Gasteiger partial charge in [0, 0.05) is 30.6 Å². The van der Waals surface area contributed by atoms with Gasteiger partial charge in [0.25, 0.3) is 0 Å². The number of nitrogens with zero attached hydrogens (tertiary/aromatic N) is 3. The predicted octanol–water partition coefficient (Wildman–Crippen LogP) is 1.82. The van der Waals surface area contributed by atoms with E-state index in [1.807, 2.05) is 0 Å². The van der Waals surface area contributed by atoms with E-state index in [1.54, 1.807) is 0 Å². The van der Waals surface area contributed by atoms with Crippen LogP contribution < -0.4 is 16.4 Å². The third-order valence-electron chi connectivity index (χ3n) is 5.58. The summed E-state index contributed by atoms with van der Waals surface area (Å²) in [4.78, 5) is 11.6. The van der Waals surface area contributed by atoms with Crippen LogP contribution in [0, 0.1) is 5.92 Å². The second kappa shape index (κ2) is 5.13. The van der Waals surface area contributed by atoms with Gasteiger partial charge in [0.2, 0.25) is 5.95 Å². The molecule has 4 N–H and O–H groups in total. The number of nitrogen functional groups attached to an aromatic ring is 1. The summed E-state index contributed by atoms with van der Waals surface area (Å²) < 4.78 is 0. The maximum Gasteiger partial charge on any atom is 0.222 e. The minimum absolute atomic E-state index is 0.267. The Labute approximate surface area is 126 Å². The van der Waals surface area contributed by atoms with Crippen molar-refractivity contribution in [2.75, 3.05) is 23.7 Å². The van der Waals surface area contributed by atoms with Crippen molar-refractivity contribution in [2.45, 2.75) is 56.9 Å². The Morgan fingerprint density at radius 2 is 1.90 bits per heavy atom. The fourth-order valence-electron chi connectivity index (χ4n) is 4.54. The van der Waals surface area contributed by atoms with Crippen LogP contribution in [0.4, 0.5) is 11.8 Å². The summed E-state index contributed by atoms with van der Waals surface area (Å²) in [6.45, 7) is 1.90. The second-order valence-corrected chi connectivity index (χ2v) is 6.95. The minimum atomic E-state index is 0.267. The van der Waals surface area contributed by atoms with Crippen molar-refractivity contribution in [1.82, 2.24) is 9.97 Å². The first-order valence-electron chi connectivity index (χ1n) is 8.39. The Morgan fingerprint density at radius 3 is 2.71 bits per heavy atom. The molecule has 0 unspecified atom stereocenters. The van der Waals surface area contributed by atoms with E-state index in [9.17, 15) is 0 Å². The average molecular weight is 287 g/mol. The summed E-state index contributed by atoms with van der Waals surface area (Å²) in [5.74, 6) is 2.95. The fourth-order valence-corrected chi connectivity index (χ4v) is 4.54. The average Bonchev–Trinajstić information content (AvgIpc) is 2.93. The highest BCUT2D eigenvalue weighted by atomic mass is 15.2. The SMILES string of the molecule is Nc1nc2c(c(N3CC[C@@H](N)C3)n1)CC[C@@H]1CCCC[C@H]21. The van der Waals surface area contributed by atoms with Crippen LogP contribution >= 0.6 is 0 Å². The zero-order valence-electron chi connectivity index (χ0n) is 12.6. The maximum absolute atomic E-state index is 6.07. The van der Waals surface area contributed by atoms with Gasteiger partial charge in [-0.3, -0.25) is 0 Å². The van der Waals surface area contributed by atoms with Gasteiger partial charge in [-0.15, -0.1) is 0 Å². The molecule has 5 nitrogen and oxygen atoms in total. The molecule has 0 bridgehead atoms. The minimum Gasteiger partial charge on any atom is -0.368 e. The highest BCUT2D eigenvalue weighted by Gasteiger charge is 2.36. The van der Waals surface area contributed by atoms with Gasteiger partial charge in [-0.2, -0.15) is 4.98 Å². The van der Waals surface area contributed by atoms with Crippen molar-refractivity contribution in [2.24, 2.45) is 11.7 Å². The summed E-state index contributed by atoms with van der Waals surface area (Å²) in [5, 5.41) is 0. The lowest BCUT2D eigenvalue weighted by Gasteiger charge is -2.37. The molecule has 4 rings (SSSR count). The van der Waals surface area contributed by atoms with E-state index in [1.165, 1.54) is 43.4 Å². The van der Waals surface area contributed by atoms with E-state index in [0.717, 1.165) is 37.7 Å². The third kappa shape index (κ3) is 2.27. The molecule has 1 aliphatic heterocycles. The Kier molecular flexibility index (Phi) is 3.25. The van der Waals surface area contributed by atoms with Crippen LogP contribution in [0.5, 0.6) is 0 Å². The third-order valence-corrected chi connectivity index (χ3v) is 5.58. The standard InChI is InChI=1S/C16H25N5/c17-11-7-8-21(9-11)15-13-6-5-10-3-1-2-4-12(10)14(13)19-16(18)20-15/h10-12H,1-9,17H2,(H2,18,19,20)/t10-,11+,12-/m0/s1. The van der Waals surface area contributed by atoms with E-state index in [4.69, 9.17) is 11.5 Å². The van der Waals surface area contributed by atoms with Crippen molar-refractivity contribution < 1.29 is 0 Å².